The van der Waals surface area contributed by atoms with E-state index in [-0.39, 0.29) is 11.7 Å². The molecule has 0 spiro atoms. The number of phenolic OH excluding ortho intramolecular Hbond substituents is 1. The van der Waals surface area contributed by atoms with Crippen LogP contribution in [0.3, 0.4) is 0 Å². The van der Waals surface area contributed by atoms with E-state index in [1.807, 2.05) is 35.2 Å². The summed E-state index contributed by atoms with van der Waals surface area (Å²) in [6.07, 6.45) is 3.38. The second kappa shape index (κ2) is 5.76. The van der Waals surface area contributed by atoms with E-state index in [0.717, 1.165) is 30.3 Å². The Hall–Kier alpha value is -2.03. The summed E-state index contributed by atoms with van der Waals surface area (Å²) in [7, 11) is 0. The maximum absolute atomic E-state index is 12.7. The van der Waals surface area contributed by atoms with Crippen LogP contribution in [0.5, 0.6) is 5.75 Å². The standard InChI is InChI=1S/C18H21NO2/c1-2-9-19(12-13-7-8-13)18(21)16-10-14-5-3-4-6-15(14)11-17(16)20/h3-6,10-11,13,20H,2,7-9,12H2,1H3. The monoisotopic (exact) mass is 283 g/mol. The van der Waals surface area contributed by atoms with E-state index in [1.165, 1.54) is 12.8 Å². The molecule has 1 aliphatic carbocycles. The molecule has 110 valence electrons. The molecule has 3 heteroatoms. The number of hydrogen-bond acceptors (Lipinski definition) is 2. The fraction of sp³-hybridized carbons (Fsp3) is 0.389. The molecule has 0 radical (unpaired) electrons. The summed E-state index contributed by atoms with van der Waals surface area (Å²) in [5.74, 6) is 0.686. The zero-order chi connectivity index (χ0) is 14.8. The van der Waals surface area contributed by atoms with Gasteiger partial charge in [0.1, 0.15) is 5.75 Å². The van der Waals surface area contributed by atoms with Crippen LogP contribution in [0.2, 0.25) is 0 Å². The summed E-state index contributed by atoms with van der Waals surface area (Å²) in [6, 6.07) is 11.3. The molecule has 3 rings (SSSR count). The maximum Gasteiger partial charge on any atom is 0.257 e. The predicted molar refractivity (Wildman–Crippen MR) is 84.5 cm³/mol. The smallest absolute Gasteiger partial charge is 0.257 e. The molecule has 0 aromatic heterocycles. The fourth-order valence-corrected chi connectivity index (χ4v) is 2.73. The number of rotatable bonds is 5. The van der Waals surface area contributed by atoms with Crippen molar-refractivity contribution in [3.8, 4) is 5.75 Å². The second-order valence-corrected chi connectivity index (χ2v) is 5.91. The van der Waals surface area contributed by atoms with E-state index in [4.69, 9.17) is 0 Å². The Labute approximate surface area is 125 Å². The third-order valence-corrected chi connectivity index (χ3v) is 4.05. The lowest BCUT2D eigenvalue weighted by Gasteiger charge is -2.22. The van der Waals surface area contributed by atoms with Crippen LogP contribution in [0.1, 0.15) is 36.5 Å². The van der Waals surface area contributed by atoms with E-state index in [1.54, 1.807) is 6.07 Å². The highest BCUT2D eigenvalue weighted by Crippen LogP contribution is 2.31. The van der Waals surface area contributed by atoms with Gasteiger partial charge in [0.25, 0.3) is 5.91 Å². The number of aromatic hydroxyl groups is 1. The Morgan fingerprint density at radius 2 is 1.90 bits per heavy atom. The van der Waals surface area contributed by atoms with Crippen LogP contribution in [0, 0.1) is 5.92 Å². The molecule has 2 aromatic rings. The van der Waals surface area contributed by atoms with Gasteiger partial charge in [-0.3, -0.25) is 4.79 Å². The lowest BCUT2D eigenvalue weighted by Crippen LogP contribution is -2.33. The molecule has 2 aromatic carbocycles. The maximum atomic E-state index is 12.7. The molecule has 1 saturated carbocycles. The number of fused-ring (bicyclic) bond motifs is 1. The summed E-state index contributed by atoms with van der Waals surface area (Å²) >= 11 is 0. The zero-order valence-corrected chi connectivity index (χ0v) is 12.4. The molecule has 21 heavy (non-hydrogen) atoms. The topological polar surface area (TPSA) is 40.5 Å². The summed E-state index contributed by atoms with van der Waals surface area (Å²) in [6.45, 7) is 3.65. The van der Waals surface area contributed by atoms with E-state index in [0.29, 0.717) is 11.5 Å². The molecule has 0 atom stereocenters. The molecule has 0 unspecified atom stereocenters. The molecule has 1 N–H and O–H groups in total. The molecule has 0 heterocycles. The van der Waals surface area contributed by atoms with Crippen LogP contribution in [-0.4, -0.2) is 29.0 Å². The zero-order valence-electron chi connectivity index (χ0n) is 12.4. The number of phenols is 1. The molecule has 0 bridgehead atoms. The number of benzene rings is 2. The van der Waals surface area contributed by atoms with E-state index in [2.05, 4.69) is 6.92 Å². The van der Waals surface area contributed by atoms with Crippen LogP contribution in [-0.2, 0) is 0 Å². The second-order valence-electron chi connectivity index (χ2n) is 5.91. The molecule has 1 fully saturated rings. The highest BCUT2D eigenvalue weighted by molar-refractivity contribution is 6.01. The number of nitrogens with zero attached hydrogens (tertiary/aromatic N) is 1. The van der Waals surface area contributed by atoms with Crippen LogP contribution in [0.15, 0.2) is 36.4 Å². The lowest BCUT2D eigenvalue weighted by atomic mass is 10.0. The fourth-order valence-electron chi connectivity index (χ4n) is 2.73. The first-order valence-electron chi connectivity index (χ1n) is 7.70. The minimum Gasteiger partial charge on any atom is -0.507 e. The lowest BCUT2D eigenvalue weighted by molar-refractivity contribution is 0.0745. The van der Waals surface area contributed by atoms with Crippen molar-refractivity contribution in [3.05, 3.63) is 42.0 Å². The first kappa shape index (κ1) is 13.9. The van der Waals surface area contributed by atoms with Crippen molar-refractivity contribution < 1.29 is 9.90 Å². The SMILES string of the molecule is CCCN(CC1CC1)C(=O)c1cc2ccccc2cc1O. The van der Waals surface area contributed by atoms with Gasteiger partial charge in [-0.2, -0.15) is 0 Å². The summed E-state index contributed by atoms with van der Waals surface area (Å²) in [4.78, 5) is 14.6. The van der Waals surface area contributed by atoms with Crippen molar-refractivity contribution >= 4 is 16.7 Å². The van der Waals surface area contributed by atoms with Gasteiger partial charge in [0.15, 0.2) is 0 Å². The summed E-state index contributed by atoms with van der Waals surface area (Å²) in [5.41, 5.74) is 0.419. The first-order valence-corrected chi connectivity index (χ1v) is 7.70. The minimum absolute atomic E-state index is 0.0491. The van der Waals surface area contributed by atoms with Gasteiger partial charge >= 0.3 is 0 Å². The van der Waals surface area contributed by atoms with Crippen molar-refractivity contribution in [3.63, 3.8) is 0 Å². The van der Waals surface area contributed by atoms with Gasteiger partial charge in [0, 0.05) is 13.1 Å². The number of carbonyl (C=O) groups is 1. The van der Waals surface area contributed by atoms with Crippen molar-refractivity contribution in [2.45, 2.75) is 26.2 Å². The van der Waals surface area contributed by atoms with Gasteiger partial charge in [0.2, 0.25) is 0 Å². The van der Waals surface area contributed by atoms with E-state index in [9.17, 15) is 9.90 Å². The highest BCUT2D eigenvalue weighted by atomic mass is 16.3. The quantitative estimate of drug-likeness (QED) is 0.906. The van der Waals surface area contributed by atoms with Crippen LogP contribution in [0.4, 0.5) is 0 Å². The van der Waals surface area contributed by atoms with E-state index < -0.39 is 0 Å². The Bertz CT molecular complexity index is 661. The Kier molecular flexibility index (Phi) is 3.82. The largest absolute Gasteiger partial charge is 0.507 e. The van der Waals surface area contributed by atoms with E-state index >= 15 is 0 Å². The molecular formula is C18H21NO2. The van der Waals surface area contributed by atoms with Gasteiger partial charge < -0.3 is 10.0 Å². The highest BCUT2D eigenvalue weighted by Gasteiger charge is 2.27. The predicted octanol–water partition coefficient (Wildman–Crippen LogP) is 3.81. The molecule has 1 amide bonds. The molecular weight excluding hydrogens is 262 g/mol. The van der Waals surface area contributed by atoms with Crippen molar-refractivity contribution in [1.82, 2.24) is 4.90 Å². The third-order valence-electron chi connectivity index (χ3n) is 4.05. The van der Waals surface area contributed by atoms with Crippen molar-refractivity contribution in [2.24, 2.45) is 5.92 Å². The normalized spacial score (nSPS) is 14.3. The Balaban J connectivity index is 1.92. The summed E-state index contributed by atoms with van der Waals surface area (Å²) < 4.78 is 0. The van der Waals surface area contributed by atoms with Gasteiger partial charge in [-0.05, 0) is 48.1 Å². The minimum atomic E-state index is -0.0491. The Morgan fingerprint density at radius 3 is 2.52 bits per heavy atom. The number of hydrogen-bond donors (Lipinski definition) is 1. The van der Waals surface area contributed by atoms with Gasteiger partial charge in [-0.15, -0.1) is 0 Å². The Morgan fingerprint density at radius 1 is 1.24 bits per heavy atom. The molecule has 1 aliphatic rings. The van der Waals surface area contributed by atoms with Crippen LogP contribution >= 0.6 is 0 Å². The van der Waals surface area contributed by atoms with Crippen molar-refractivity contribution in [2.75, 3.05) is 13.1 Å². The average molecular weight is 283 g/mol. The molecule has 0 aliphatic heterocycles. The number of carbonyl (C=O) groups excluding carboxylic acids is 1. The van der Waals surface area contributed by atoms with Crippen molar-refractivity contribution in [1.29, 1.82) is 0 Å². The van der Waals surface area contributed by atoms with Gasteiger partial charge in [-0.25, -0.2) is 0 Å². The third kappa shape index (κ3) is 3.02. The summed E-state index contributed by atoms with van der Waals surface area (Å²) in [5, 5.41) is 12.1. The first-order chi connectivity index (χ1) is 10.2. The number of amides is 1. The average Bonchev–Trinajstić information content (AvgIpc) is 3.29. The van der Waals surface area contributed by atoms with Crippen LogP contribution in [0.25, 0.3) is 10.8 Å². The van der Waals surface area contributed by atoms with Gasteiger partial charge in [0.05, 0.1) is 5.56 Å². The molecule has 0 saturated heterocycles. The molecule has 3 nitrogen and oxygen atoms in total. The van der Waals surface area contributed by atoms with Crippen LogP contribution < -0.4 is 0 Å². The van der Waals surface area contributed by atoms with Gasteiger partial charge in [-0.1, -0.05) is 31.2 Å².